The van der Waals surface area contributed by atoms with Crippen molar-refractivity contribution < 1.29 is 17.0 Å². The summed E-state index contributed by atoms with van der Waals surface area (Å²) in [6.07, 6.45) is 35.2. The average molecular weight is 581 g/mol. The van der Waals surface area contributed by atoms with Gasteiger partial charge in [-0.05, 0) is 106 Å². The number of hydrogen-bond acceptors (Lipinski definition) is 0. The Balaban J connectivity index is 0.00000341. The molecule has 3 aliphatic rings. The Kier molecular flexibility index (Phi) is 14.9. The molecule has 0 spiro atoms. The second-order valence-electron chi connectivity index (χ2n) is 11.1. The lowest BCUT2D eigenvalue weighted by atomic mass is 9.99. The molecule has 0 amide bonds. The summed E-state index contributed by atoms with van der Waals surface area (Å²) in [5, 5.41) is 0. The predicted octanol–water partition coefficient (Wildman–Crippen LogP) is 7.87. The van der Waals surface area contributed by atoms with Crippen molar-refractivity contribution in [3.05, 3.63) is 0 Å². The Morgan fingerprint density at radius 3 is 1.32 bits per heavy atom. The zero-order chi connectivity index (χ0) is 21.1. The lowest BCUT2D eigenvalue weighted by Gasteiger charge is -2.51. The monoisotopic (exact) mass is 578 g/mol. The van der Waals surface area contributed by atoms with Crippen molar-refractivity contribution in [3.63, 3.8) is 0 Å². The van der Waals surface area contributed by atoms with Gasteiger partial charge in [-0.15, -0.1) is 0 Å². The molecule has 3 aliphatic carbocycles. The largest absolute Gasteiger partial charge is 1.00 e. The van der Waals surface area contributed by atoms with Crippen LogP contribution in [0.1, 0.15) is 155 Å². The van der Waals surface area contributed by atoms with E-state index >= 15 is 0 Å². The first kappa shape index (κ1) is 28.6. The molecule has 3 heteroatoms. The van der Waals surface area contributed by atoms with Crippen molar-refractivity contribution in [2.45, 2.75) is 176 Å². The molecule has 31 heavy (non-hydrogen) atoms. The SMILES string of the molecule is CCCCCCCCCC(Br)[P+](C1CCCCC1)(C1CCCCC1)C1CCCCC1.[Br-]. The van der Waals surface area contributed by atoms with Crippen LogP contribution in [0.4, 0.5) is 0 Å². The summed E-state index contributed by atoms with van der Waals surface area (Å²) < 4.78 is 0.898. The second-order valence-corrected chi connectivity index (χ2v) is 17.5. The standard InChI is InChI=1S/C28H53BrP.BrH/c1-2-3-4-5-6-7-17-24-28(29)30(25-18-11-8-12-19-25,26-20-13-9-14-21-26)27-22-15-10-16-23-27;/h25-28H,2-24H2,1H3;1H/q+1;/p-1. The van der Waals surface area contributed by atoms with Crippen molar-refractivity contribution in [3.8, 4) is 0 Å². The molecular formula is C28H53Br2P. The van der Waals surface area contributed by atoms with E-state index in [0.29, 0.717) is 0 Å². The third-order valence-corrected chi connectivity index (χ3v) is 18.3. The molecule has 1 unspecified atom stereocenters. The first-order chi connectivity index (χ1) is 14.8. The van der Waals surface area contributed by atoms with Gasteiger partial charge in [0.05, 0.1) is 17.0 Å². The summed E-state index contributed by atoms with van der Waals surface area (Å²) >= 11 is 4.55. The van der Waals surface area contributed by atoms with Crippen LogP contribution in [0.2, 0.25) is 0 Å². The topological polar surface area (TPSA) is 0 Å². The third-order valence-electron chi connectivity index (χ3n) is 9.15. The van der Waals surface area contributed by atoms with Crippen molar-refractivity contribution in [1.82, 2.24) is 0 Å². The van der Waals surface area contributed by atoms with Gasteiger partial charge in [-0.25, -0.2) is 0 Å². The van der Waals surface area contributed by atoms with Crippen molar-refractivity contribution in [2.24, 2.45) is 0 Å². The predicted molar refractivity (Wildman–Crippen MR) is 143 cm³/mol. The minimum atomic E-state index is -0.963. The molecule has 0 aromatic carbocycles. The fourth-order valence-electron chi connectivity index (χ4n) is 7.66. The van der Waals surface area contributed by atoms with E-state index in [1.54, 1.807) is 77.0 Å². The van der Waals surface area contributed by atoms with Gasteiger partial charge in [0.2, 0.25) is 0 Å². The Morgan fingerprint density at radius 1 is 0.581 bits per heavy atom. The molecule has 0 N–H and O–H groups in total. The van der Waals surface area contributed by atoms with Gasteiger partial charge in [-0.1, -0.05) is 64.7 Å². The van der Waals surface area contributed by atoms with E-state index in [9.17, 15) is 0 Å². The molecule has 3 rings (SSSR count). The normalized spacial score (nSPS) is 23.4. The molecule has 0 bridgehead atoms. The highest BCUT2D eigenvalue weighted by atomic mass is 79.9. The Labute approximate surface area is 215 Å². The molecule has 0 heterocycles. The first-order valence-electron chi connectivity index (χ1n) is 14.3. The molecule has 0 saturated heterocycles. The van der Waals surface area contributed by atoms with Crippen molar-refractivity contribution >= 4 is 23.2 Å². The van der Waals surface area contributed by atoms with Crippen LogP contribution in [0.5, 0.6) is 0 Å². The molecular weight excluding hydrogens is 527 g/mol. The van der Waals surface area contributed by atoms with E-state index in [2.05, 4.69) is 22.9 Å². The summed E-state index contributed by atoms with van der Waals surface area (Å²) in [4.78, 5) is 0. The quantitative estimate of drug-likeness (QED) is 0.125. The van der Waals surface area contributed by atoms with E-state index in [0.717, 1.165) is 21.5 Å². The molecule has 0 aliphatic heterocycles. The highest BCUT2D eigenvalue weighted by Gasteiger charge is 2.60. The van der Waals surface area contributed by atoms with Gasteiger partial charge in [0.1, 0.15) is 4.57 Å². The maximum atomic E-state index is 4.55. The Morgan fingerprint density at radius 2 is 0.935 bits per heavy atom. The Hall–Kier alpha value is 1.39. The lowest BCUT2D eigenvalue weighted by molar-refractivity contribution is -0.00000634. The number of hydrogen-bond donors (Lipinski definition) is 0. The van der Waals surface area contributed by atoms with Crippen LogP contribution in [-0.4, -0.2) is 21.5 Å². The highest BCUT2D eigenvalue weighted by Crippen LogP contribution is 2.81. The van der Waals surface area contributed by atoms with E-state index < -0.39 is 7.26 Å². The van der Waals surface area contributed by atoms with E-state index in [1.807, 2.05) is 0 Å². The van der Waals surface area contributed by atoms with Crippen LogP contribution in [0.15, 0.2) is 0 Å². The van der Waals surface area contributed by atoms with Crippen LogP contribution in [0, 0.1) is 0 Å². The molecule has 0 aromatic rings. The zero-order valence-electron chi connectivity index (χ0n) is 20.8. The van der Waals surface area contributed by atoms with Crippen molar-refractivity contribution in [2.75, 3.05) is 0 Å². The summed E-state index contributed by atoms with van der Waals surface area (Å²) in [5.41, 5.74) is 3.39. The highest BCUT2D eigenvalue weighted by molar-refractivity contribution is 9.11. The van der Waals surface area contributed by atoms with Gasteiger partial charge in [-0.3, -0.25) is 0 Å². The van der Waals surface area contributed by atoms with Crippen LogP contribution < -0.4 is 17.0 Å². The van der Waals surface area contributed by atoms with Gasteiger partial charge in [0.15, 0.2) is 0 Å². The van der Waals surface area contributed by atoms with Crippen LogP contribution in [-0.2, 0) is 0 Å². The number of rotatable bonds is 12. The smallest absolute Gasteiger partial charge is 0.124 e. The van der Waals surface area contributed by atoms with Crippen LogP contribution in [0.3, 0.4) is 0 Å². The fraction of sp³-hybridized carbons (Fsp3) is 1.00. The summed E-state index contributed by atoms with van der Waals surface area (Å²) in [6.45, 7) is 2.33. The molecule has 0 nitrogen and oxygen atoms in total. The minimum Gasteiger partial charge on any atom is -1.00 e. The average Bonchev–Trinajstić information content (AvgIpc) is 2.81. The van der Waals surface area contributed by atoms with E-state index in [1.165, 1.54) is 70.6 Å². The summed E-state index contributed by atoms with van der Waals surface area (Å²) in [5.74, 6) is 0. The van der Waals surface area contributed by atoms with Gasteiger partial charge < -0.3 is 17.0 Å². The first-order valence-corrected chi connectivity index (χ1v) is 17.3. The maximum Gasteiger partial charge on any atom is 0.124 e. The van der Waals surface area contributed by atoms with E-state index in [4.69, 9.17) is 0 Å². The molecule has 0 aromatic heterocycles. The number of alkyl halides is 1. The molecule has 3 fully saturated rings. The third kappa shape index (κ3) is 7.95. The van der Waals surface area contributed by atoms with Crippen LogP contribution in [0.25, 0.3) is 0 Å². The maximum absolute atomic E-state index is 4.55. The Bertz CT molecular complexity index is 391. The van der Waals surface area contributed by atoms with Gasteiger partial charge >= 0.3 is 0 Å². The summed E-state index contributed by atoms with van der Waals surface area (Å²) in [6, 6.07) is 0. The number of halogens is 2. The van der Waals surface area contributed by atoms with Gasteiger partial charge in [-0.2, -0.15) is 0 Å². The van der Waals surface area contributed by atoms with Crippen molar-refractivity contribution in [1.29, 1.82) is 0 Å². The zero-order valence-corrected chi connectivity index (χ0v) is 24.8. The second kappa shape index (κ2) is 16.1. The summed E-state index contributed by atoms with van der Waals surface area (Å²) in [7, 11) is -0.963. The molecule has 3 saturated carbocycles. The van der Waals surface area contributed by atoms with Gasteiger partial charge in [0.25, 0.3) is 0 Å². The molecule has 184 valence electrons. The fourth-order valence-corrected chi connectivity index (χ4v) is 18.6. The van der Waals surface area contributed by atoms with Gasteiger partial charge in [0, 0.05) is 7.26 Å². The lowest BCUT2D eigenvalue weighted by Crippen LogP contribution is -3.00. The van der Waals surface area contributed by atoms with E-state index in [-0.39, 0.29) is 17.0 Å². The van der Waals surface area contributed by atoms with Crippen LogP contribution >= 0.6 is 23.2 Å². The minimum absolute atomic E-state index is 0. The molecule has 1 atom stereocenters. The molecule has 0 radical (unpaired) electrons. The number of unbranched alkanes of at least 4 members (excludes halogenated alkanes) is 6.